The van der Waals surface area contributed by atoms with Crippen molar-refractivity contribution in [3.63, 3.8) is 0 Å². The molecule has 0 aliphatic rings. The summed E-state index contributed by atoms with van der Waals surface area (Å²) in [5.74, 6) is 0. The lowest BCUT2D eigenvalue weighted by atomic mass is 9.77. The van der Waals surface area contributed by atoms with Gasteiger partial charge in [0.1, 0.15) is 5.54 Å². The standard InChI is InChI=1S/C33H30N2O/c1-5-15-28(16-6-1)26-36-24-14-13-23-32-25-35(27-34-32)33(29-17-7-2-8-18-29,30-19-9-3-10-20-30)31-21-11-4-12-22-31/h1-13,15-23,25,27H,14,24,26H2. The summed E-state index contributed by atoms with van der Waals surface area (Å²) >= 11 is 0. The van der Waals surface area contributed by atoms with E-state index < -0.39 is 5.54 Å². The van der Waals surface area contributed by atoms with Gasteiger partial charge in [-0.3, -0.25) is 0 Å². The number of hydrogen-bond acceptors (Lipinski definition) is 2. The Morgan fingerprint density at radius 2 is 1.17 bits per heavy atom. The topological polar surface area (TPSA) is 27.1 Å². The van der Waals surface area contributed by atoms with E-state index in [2.05, 4.69) is 126 Å². The third-order valence-electron chi connectivity index (χ3n) is 6.39. The fourth-order valence-corrected chi connectivity index (χ4v) is 4.71. The van der Waals surface area contributed by atoms with Crippen LogP contribution in [0.3, 0.4) is 0 Å². The van der Waals surface area contributed by atoms with Crippen LogP contribution in [-0.4, -0.2) is 16.2 Å². The molecule has 1 aromatic heterocycles. The van der Waals surface area contributed by atoms with Crippen molar-refractivity contribution in [1.82, 2.24) is 9.55 Å². The van der Waals surface area contributed by atoms with Gasteiger partial charge in [0, 0.05) is 6.20 Å². The van der Waals surface area contributed by atoms with E-state index in [1.165, 1.54) is 22.3 Å². The molecule has 0 amide bonds. The molecule has 178 valence electrons. The second-order valence-corrected chi connectivity index (χ2v) is 8.74. The van der Waals surface area contributed by atoms with E-state index in [1.54, 1.807) is 0 Å². The SMILES string of the molecule is C(=Cc1cn(C(c2ccccc2)(c2ccccc2)c2ccccc2)cn1)CCOCc1ccccc1. The predicted octanol–water partition coefficient (Wildman–Crippen LogP) is 7.34. The quantitative estimate of drug-likeness (QED) is 0.158. The Labute approximate surface area is 213 Å². The van der Waals surface area contributed by atoms with Gasteiger partial charge < -0.3 is 9.30 Å². The Morgan fingerprint density at radius 1 is 0.667 bits per heavy atom. The van der Waals surface area contributed by atoms with E-state index in [0.29, 0.717) is 13.2 Å². The highest BCUT2D eigenvalue weighted by Gasteiger charge is 2.38. The molecule has 0 aliphatic heterocycles. The summed E-state index contributed by atoms with van der Waals surface area (Å²) in [6, 6.07) is 42.2. The number of rotatable bonds is 10. The molecule has 0 fully saturated rings. The van der Waals surface area contributed by atoms with Crippen molar-refractivity contribution in [2.75, 3.05) is 6.61 Å². The zero-order valence-corrected chi connectivity index (χ0v) is 20.3. The Hall–Kier alpha value is -4.21. The van der Waals surface area contributed by atoms with Crippen molar-refractivity contribution in [2.45, 2.75) is 18.6 Å². The van der Waals surface area contributed by atoms with Crippen LogP contribution in [0.4, 0.5) is 0 Å². The second-order valence-electron chi connectivity index (χ2n) is 8.74. The number of imidazole rings is 1. The molecule has 0 radical (unpaired) electrons. The van der Waals surface area contributed by atoms with Crippen LogP contribution in [0.1, 0.15) is 34.4 Å². The first-order chi connectivity index (χ1) is 17.9. The van der Waals surface area contributed by atoms with Crippen LogP contribution in [-0.2, 0) is 16.9 Å². The Morgan fingerprint density at radius 3 is 1.69 bits per heavy atom. The smallest absolute Gasteiger partial charge is 0.121 e. The van der Waals surface area contributed by atoms with Crippen LogP contribution in [0.25, 0.3) is 6.08 Å². The number of hydrogen-bond donors (Lipinski definition) is 0. The van der Waals surface area contributed by atoms with Gasteiger partial charge in [0.25, 0.3) is 0 Å². The number of benzene rings is 4. The maximum atomic E-state index is 5.81. The highest BCUT2D eigenvalue weighted by Crippen LogP contribution is 2.40. The van der Waals surface area contributed by atoms with Gasteiger partial charge >= 0.3 is 0 Å². The van der Waals surface area contributed by atoms with Gasteiger partial charge in [-0.2, -0.15) is 0 Å². The lowest BCUT2D eigenvalue weighted by molar-refractivity contribution is 0.125. The summed E-state index contributed by atoms with van der Waals surface area (Å²) in [6.07, 6.45) is 9.12. The first-order valence-corrected chi connectivity index (χ1v) is 12.4. The first kappa shape index (κ1) is 23.5. The summed E-state index contributed by atoms with van der Waals surface area (Å²) in [7, 11) is 0. The molecule has 0 spiro atoms. The van der Waals surface area contributed by atoms with Crippen LogP contribution < -0.4 is 0 Å². The lowest BCUT2D eigenvalue weighted by Gasteiger charge is -2.37. The maximum Gasteiger partial charge on any atom is 0.121 e. The van der Waals surface area contributed by atoms with Gasteiger partial charge in [0.2, 0.25) is 0 Å². The average Bonchev–Trinajstić information content (AvgIpc) is 3.42. The minimum Gasteiger partial charge on any atom is -0.376 e. The average molecular weight is 471 g/mol. The van der Waals surface area contributed by atoms with Crippen LogP contribution in [0.15, 0.2) is 140 Å². The van der Waals surface area contributed by atoms with Gasteiger partial charge in [-0.15, -0.1) is 0 Å². The van der Waals surface area contributed by atoms with E-state index in [9.17, 15) is 0 Å². The first-order valence-electron chi connectivity index (χ1n) is 12.4. The fraction of sp³-hybridized carbons (Fsp3) is 0.121. The van der Waals surface area contributed by atoms with Gasteiger partial charge in [0.15, 0.2) is 0 Å². The molecular weight excluding hydrogens is 440 g/mol. The molecule has 3 heteroatoms. The zero-order chi connectivity index (χ0) is 24.5. The monoisotopic (exact) mass is 470 g/mol. The van der Waals surface area contributed by atoms with Crippen LogP contribution in [0.2, 0.25) is 0 Å². The summed E-state index contributed by atoms with van der Waals surface area (Å²) in [6.45, 7) is 1.31. The molecule has 5 rings (SSSR count). The van der Waals surface area contributed by atoms with Gasteiger partial charge in [-0.1, -0.05) is 127 Å². The lowest BCUT2D eigenvalue weighted by Crippen LogP contribution is -2.36. The molecule has 0 saturated heterocycles. The highest BCUT2D eigenvalue weighted by atomic mass is 16.5. The third-order valence-corrected chi connectivity index (χ3v) is 6.39. The van der Waals surface area contributed by atoms with Gasteiger partial charge in [-0.25, -0.2) is 4.98 Å². The molecule has 0 atom stereocenters. The molecule has 0 N–H and O–H groups in total. The molecule has 3 nitrogen and oxygen atoms in total. The third kappa shape index (κ3) is 5.07. The molecular formula is C33H30N2O. The van der Waals surface area contributed by atoms with E-state index in [-0.39, 0.29) is 0 Å². The minimum atomic E-state index is -0.540. The number of aromatic nitrogens is 2. The predicted molar refractivity (Wildman–Crippen MR) is 147 cm³/mol. The normalized spacial score (nSPS) is 11.7. The Kier molecular flexibility index (Phi) is 7.50. The summed E-state index contributed by atoms with van der Waals surface area (Å²) < 4.78 is 8.05. The minimum absolute atomic E-state index is 0.540. The van der Waals surface area contributed by atoms with Crippen molar-refractivity contribution in [3.8, 4) is 0 Å². The molecule has 1 heterocycles. The van der Waals surface area contributed by atoms with Crippen molar-refractivity contribution >= 4 is 6.08 Å². The summed E-state index contributed by atoms with van der Waals surface area (Å²) in [5.41, 5.74) is 5.13. The fourth-order valence-electron chi connectivity index (χ4n) is 4.71. The molecule has 36 heavy (non-hydrogen) atoms. The van der Waals surface area contributed by atoms with Crippen LogP contribution in [0.5, 0.6) is 0 Å². The number of nitrogens with zero attached hydrogens (tertiary/aromatic N) is 2. The Balaban J connectivity index is 1.42. The molecule has 0 saturated carbocycles. The van der Waals surface area contributed by atoms with Crippen molar-refractivity contribution in [1.29, 1.82) is 0 Å². The largest absolute Gasteiger partial charge is 0.376 e. The zero-order valence-electron chi connectivity index (χ0n) is 20.3. The highest BCUT2D eigenvalue weighted by molar-refractivity contribution is 5.52. The van der Waals surface area contributed by atoms with Crippen molar-refractivity contribution in [2.24, 2.45) is 0 Å². The molecule has 0 bridgehead atoms. The molecule has 4 aromatic carbocycles. The summed E-state index contributed by atoms with van der Waals surface area (Å²) in [5, 5.41) is 0. The Bertz CT molecular complexity index is 1260. The van der Waals surface area contributed by atoms with Crippen molar-refractivity contribution in [3.05, 3.63) is 168 Å². The van der Waals surface area contributed by atoms with E-state index in [0.717, 1.165) is 12.1 Å². The molecule has 0 aliphatic carbocycles. The molecule has 0 unspecified atom stereocenters. The summed E-state index contributed by atoms with van der Waals surface area (Å²) in [4.78, 5) is 4.76. The van der Waals surface area contributed by atoms with Crippen molar-refractivity contribution < 1.29 is 4.74 Å². The number of ether oxygens (including phenoxy) is 1. The van der Waals surface area contributed by atoms with E-state index >= 15 is 0 Å². The molecule has 5 aromatic rings. The van der Waals surface area contributed by atoms with E-state index in [1.807, 2.05) is 24.5 Å². The van der Waals surface area contributed by atoms with E-state index in [4.69, 9.17) is 9.72 Å². The van der Waals surface area contributed by atoms with Gasteiger partial charge in [0.05, 0.1) is 25.2 Å². The maximum absolute atomic E-state index is 5.81. The van der Waals surface area contributed by atoms with Gasteiger partial charge in [-0.05, 0) is 34.8 Å². The van der Waals surface area contributed by atoms with Crippen LogP contribution in [0, 0.1) is 0 Å². The second kappa shape index (κ2) is 11.5. The van der Waals surface area contributed by atoms with Crippen LogP contribution >= 0.6 is 0 Å².